The molecule has 0 unspecified atom stereocenters. The summed E-state index contributed by atoms with van der Waals surface area (Å²) >= 11 is 3.17. The van der Waals surface area contributed by atoms with Gasteiger partial charge in [0.15, 0.2) is 5.78 Å². The van der Waals surface area contributed by atoms with E-state index in [1.54, 1.807) is 26.0 Å². The summed E-state index contributed by atoms with van der Waals surface area (Å²) in [6, 6.07) is 17.5. The van der Waals surface area contributed by atoms with Crippen LogP contribution in [-0.2, 0) is 16.7 Å². The highest BCUT2D eigenvalue weighted by Gasteiger charge is 2.23. The van der Waals surface area contributed by atoms with Gasteiger partial charge in [-0.25, -0.2) is 0 Å². The first-order valence-electron chi connectivity index (χ1n) is 9.63. The van der Waals surface area contributed by atoms with E-state index >= 15 is 0 Å². The SMILES string of the molecule is Cc1cc(C)c(S(=O)(=O)Oc2ccc(C(=O)CBr)c(OCc3ccccc3)c2)c(C)c1. The van der Waals surface area contributed by atoms with Gasteiger partial charge in [-0.1, -0.05) is 64.0 Å². The number of rotatable bonds is 8. The molecule has 3 aromatic rings. The average molecular weight is 503 g/mol. The highest BCUT2D eigenvalue weighted by molar-refractivity contribution is 9.09. The maximum absolute atomic E-state index is 13.0. The maximum atomic E-state index is 13.0. The molecule has 3 aromatic carbocycles. The number of hydrogen-bond donors (Lipinski definition) is 0. The number of alkyl halides is 1. The predicted molar refractivity (Wildman–Crippen MR) is 124 cm³/mol. The summed E-state index contributed by atoms with van der Waals surface area (Å²) in [5, 5.41) is 0.120. The number of benzene rings is 3. The highest BCUT2D eigenvalue weighted by Crippen LogP contribution is 2.30. The van der Waals surface area contributed by atoms with Crippen molar-refractivity contribution in [2.24, 2.45) is 0 Å². The first-order chi connectivity index (χ1) is 14.7. The molecule has 162 valence electrons. The van der Waals surface area contributed by atoms with E-state index in [2.05, 4.69) is 15.9 Å². The van der Waals surface area contributed by atoms with Crippen molar-refractivity contribution >= 4 is 31.8 Å². The molecule has 0 spiro atoms. The van der Waals surface area contributed by atoms with E-state index in [1.165, 1.54) is 18.2 Å². The lowest BCUT2D eigenvalue weighted by Crippen LogP contribution is -2.14. The third-order valence-corrected chi connectivity index (χ3v) is 6.74. The number of hydrogen-bond acceptors (Lipinski definition) is 5. The first-order valence-corrected chi connectivity index (χ1v) is 12.2. The van der Waals surface area contributed by atoms with Gasteiger partial charge < -0.3 is 8.92 Å². The molecule has 0 N–H and O–H groups in total. The summed E-state index contributed by atoms with van der Waals surface area (Å²) < 4.78 is 37.2. The second-order valence-electron chi connectivity index (χ2n) is 7.25. The zero-order chi connectivity index (χ0) is 22.6. The third-order valence-electron chi connectivity index (χ3n) is 4.67. The van der Waals surface area contributed by atoms with E-state index in [-0.39, 0.29) is 34.1 Å². The van der Waals surface area contributed by atoms with Gasteiger partial charge in [0, 0.05) is 6.07 Å². The summed E-state index contributed by atoms with van der Waals surface area (Å²) in [6.45, 7) is 5.62. The zero-order valence-electron chi connectivity index (χ0n) is 17.5. The van der Waals surface area contributed by atoms with E-state index in [0.29, 0.717) is 16.7 Å². The number of ketones is 1. The Morgan fingerprint density at radius 3 is 2.19 bits per heavy atom. The number of Topliss-reactive ketones (excluding diaryl/α,β-unsaturated/α-hetero) is 1. The fourth-order valence-corrected chi connectivity index (χ4v) is 5.09. The van der Waals surface area contributed by atoms with Crippen LogP contribution in [0.2, 0.25) is 0 Å². The highest BCUT2D eigenvalue weighted by atomic mass is 79.9. The maximum Gasteiger partial charge on any atom is 0.339 e. The Balaban J connectivity index is 1.94. The molecule has 0 fully saturated rings. The molecule has 0 radical (unpaired) electrons. The van der Waals surface area contributed by atoms with Gasteiger partial charge in [-0.15, -0.1) is 0 Å². The standard InChI is InChI=1S/C24H23BrO5S/c1-16-11-17(2)24(18(3)12-16)31(27,28)30-20-9-10-21(22(26)14-25)23(13-20)29-15-19-7-5-4-6-8-19/h4-13H,14-15H2,1-3H3. The van der Waals surface area contributed by atoms with Crippen molar-refractivity contribution in [1.82, 2.24) is 0 Å². The van der Waals surface area contributed by atoms with Crippen molar-refractivity contribution < 1.29 is 22.1 Å². The summed E-state index contributed by atoms with van der Waals surface area (Å²) in [4.78, 5) is 12.4. The van der Waals surface area contributed by atoms with Gasteiger partial charge in [0.05, 0.1) is 10.9 Å². The molecule has 3 rings (SSSR count). The van der Waals surface area contributed by atoms with E-state index in [9.17, 15) is 13.2 Å². The zero-order valence-corrected chi connectivity index (χ0v) is 19.9. The second kappa shape index (κ2) is 9.66. The van der Waals surface area contributed by atoms with Crippen LogP contribution in [0.4, 0.5) is 0 Å². The fourth-order valence-electron chi connectivity index (χ4n) is 3.44. The Kier molecular flexibility index (Phi) is 7.18. The van der Waals surface area contributed by atoms with Crippen molar-refractivity contribution in [3.63, 3.8) is 0 Å². The Labute approximate surface area is 191 Å². The summed E-state index contributed by atoms with van der Waals surface area (Å²) in [7, 11) is -4.06. The topological polar surface area (TPSA) is 69.7 Å². The number of ether oxygens (including phenoxy) is 1. The molecule has 0 saturated carbocycles. The lowest BCUT2D eigenvalue weighted by atomic mass is 10.1. The van der Waals surface area contributed by atoms with Crippen LogP contribution in [0.5, 0.6) is 11.5 Å². The predicted octanol–water partition coefficient (Wildman–Crippen LogP) is 5.54. The molecule has 31 heavy (non-hydrogen) atoms. The Morgan fingerprint density at radius 2 is 1.58 bits per heavy atom. The summed E-state index contributed by atoms with van der Waals surface area (Å²) in [5.74, 6) is 0.162. The Bertz CT molecular complexity index is 1180. The smallest absolute Gasteiger partial charge is 0.339 e. The monoisotopic (exact) mass is 502 g/mol. The van der Waals surface area contributed by atoms with Gasteiger partial charge in [0.1, 0.15) is 23.0 Å². The first kappa shape index (κ1) is 23.0. The quantitative estimate of drug-likeness (QED) is 0.230. The van der Waals surface area contributed by atoms with Gasteiger partial charge >= 0.3 is 10.1 Å². The average Bonchev–Trinajstić information content (AvgIpc) is 2.71. The fraction of sp³-hybridized carbons (Fsp3) is 0.208. The number of aryl methyl sites for hydroxylation is 3. The largest absolute Gasteiger partial charge is 0.488 e. The molecule has 0 atom stereocenters. The molecule has 7 heteroatoms. The van der Waals surface area contributed by atoms with Crippen LogP contribution in [0.3, 0.4) is 0 Å². The minimum atomic E-state index is -4.06. The second-order valence-corrected chi connectivity index (χ2v) is 9.30. The van der Waals surface area contributed by atoms with E-state index in [1.807, 2.05) is 37.3 Å². The minimum Gasteiger partial charge on any atom is -0.488 e. The van der Waals surface area contributed by atoms with Gasteiger partial charge in [0.2, 0.25) is 0 Å². The van der Waals surface area contributed by atoms with Gasteiger partial charge in [0.25, 0.3) is 0 Å². The number of halogens is 1. The van der Waals surface area contributed by atoms with E-state index in [4.69, 9.17) is 8.92 Å². The summed E-state index contributed by atoms with van der Waals surface area (Å²) in [5.41, 5.74) is 3.47. The molecule has 5 nitrogen and oxygen atoms in total. The number of carbonyl (C=O) groups excluding carboxylic acids is 1. The van der Waals surface area contributed by atoms with E-state index in [0.717, 1.165) is 11.1 Å². The Morgan fingerprint density at radius 1 is 0.935 bits per heavy atom. The van der Waals surface area contributed by atoms with Crippen LogP contribution >= 0.6 is 15.9 Å². The van der Waals surface area contributed by atoms with Crippen LogP contribution in [0.15, 0.2) is 65.6 Å². The van der Waals surface area contributed by atoms with Crippen molar-refractivity contribution in [3.05, 3.63) is 88.5 Å². The van der Waals surface area contributed by atoms with Crippen LogP contribution < -0.4 is 8.92 Å². The van der Waals surface area contributed by atoms with Crippen LogP contribution in [-0.4, -0.2) is 19.5 Å². The van der Waals surface area contributed by atoms with Crippen LogP contribution in [0.25, 0.3) is 0 Å². The third kappa shape index (κ3) is 5.54. The molecule has 0 aromatic heterocycles. The minimum absolute atomic E-state index is 0.0774. The van der Waals surface area contributed by atoms with Crippen LogP contribution in [0, 0.1) is 20.8 Å². The molecule has 0 amide bonds. The molecule has 0 aliphatic carbocycles. The molecular weight excluding hydrogens is 480 g/mol. The molecule has 0 aliphatic heterocycles. The lowest BCUT2D eigenvalue weighted by molar-refractivity contribution is 0.101. The molecule has 0 bridgehead atoms. The molecular formula is C24H23BrO5S. The van der Waals surface area contributed by atoms with Gasteiger partial charge in [-0.3, -0.25) is 4.79 Å². The van der Waals surface area contributed by atoms with Gasteiger partial charge in [-0.05, 0) is 49.6 Å². The van der Waals surface area contributed by atoms with Crippen molar-refractivity contribution in [2.75, 3.05) is 5.33 Å². The lowest BCUT2D eigenvalue weighted by Gasteiger charge is -2.15. The Hall–Kier alpha value is -2.64. The summed E-state index contributed by atoms with van der Waals surface area (Å²) in [6.07, 6.45) is 0. The van der Waals surface area contributed by atoms with Gasteiger partial charge in [-0.2, -0.15) is 8.42 Å². The normalized spacial score (nSPS) is 11.2. The molecule has 0 aliphatic rings. The van der Waals surface area contributed by atoms with E-state index < -0.39 is 10.1 Å². The molecule has 0 saturated heterocycles. The van der Waals surface area contributed by atoms with Crippen molar-refractivity contribution in [2.45, 2.75) is 32.3 Å². The number of carbonyl (C=O) groups is 1. The molecule has 0 heterocycles. The van der Waals surface area contributed by atoms with Crippen LogP contribution in [0.1, 0.15) is 32.6 Å². The van der Waals surface area contributed by atoms with Crippen molar-refractivity contribution in [3.8, 4) is 11.5 Å². The van der Waals surface area contributed by atoms with Crippen molar-refractivity contribution in [1.29, 1.82) is 0 Å².